The Kier molecular flexibility index (Phi) is 6.46. The Labute approximate surface area is 172 Å². The number of benzene rings is 1. The summed E-state index contributed by atoms with van der Waals surface area (Å²) in [5.74, 6) is -0.586. The number of carbonyl (C=O) groups is 2. The normalized spacial score (nSPS) is 16.2. The Morgan fingerprint density at radius 1 is 1.03 bits per heavy atom. The fourth-order valence-electron chi connectivity index (χ4n) is 4.12. The van der Waals surface area contributed by atoms with E-state index in [0.29, 0.717) is 5.56 Å². The Morgan fingerprint density at radius 3 is 2.38 bits per heavy atom. The van der Waals surface area contributed by atoms with Gasteiger partial charge in [-0.1, -0.05) is 49.6 Å². The molecule has 0 aliphatic heterocycles. The molecule has 1 heterocycles. The van der Waals surface area contributed by atoms with E-state index in [1.807, 2.05) is 51.1 Å². The second kappa shape index (κ2) is 8.85. The third-order valence-electron chi connectivity index (χ3n) is 5.43. The van der Waals surface area contributed by atoms with E-state index in [9.17, 15) is 9.59 Å². The smallest absolute Gasteiger partial charge is 0.340 e. The number of nitrogens with one attached hydrogen (secondary N) is 1. The summed E-state index contributed by atoms with van der Waals surface area (Å²) in [4.78, 5) is 28.8. The van der Waals surface area contributed by atoms with Crippen LogP contribution in [0.3, 0.4) is 0 Å². The summed E-state index contributed by atoms with van der Waals surface area (Å²) in [7, 11) is 0. The second-order valence-corrected chi connectivity index (χ2v) is 8.93. The SMILES string of the molecule is CC(C)(C)OC(=O)c1cc[nH]c1C1(CC(=O)OCc2ccccc2)CCCCC1. The van der Waals surface area contributed by atoms with Crippen LogP contribution in [-0.2, 0) is 26.3 Å². The summed E-state index contributed by atoms with van der Waals surface area (Å²) in [6.07, 6.45) is 6.92. The first-order valence-corrected chi connectivity index (χ1v) is 10.4. The molecule has 3 rings (SSSR count). The molecule has 1 fully saturated rings. The standard InChI is InChI=1S/C24H31NO4/c1-23(2,3)29-22(27)19-12-15-25-21(19)24(13-8-5-9-14-24)16-20(26)28-17-18-10-6-4-7-11-18/h4,6-7,10-12,15,25H,5,8-9,13-14,16-17H2,1-3H3. The van der Waals surface area contributed by atoms with Crippen LogP contribution in [0.15, 0.2) is 42.6 Å². The van der Waals surface area contributed by atoms with Crippen molar-refractivity contribution in [3.8, 4) is 0 Å². The maximum atomic E-state index is 12.8. The molecule has 1 aliphatic carbocycles. The van der Waals surface area contributed by atoms with E-state index >= 15 is 0 Å². The van der Waals surface area contributed by atoms with Crippen molar-refractivity contribution in [2.75, 3.05) is 0 Å². The maximum Gasteiger partial charge on any atom is 0.340 e. The highest BCUT2D eigenvalue weighted by atomic mass is 16.6. The lowest BCUT2D eigenvalue weighted by atomic mass is 9.68. The van der Waals surface area contributed by atoms with Crippen LogP contribution >= 0.6 is 0 Å². The zero-order valence-corrected chi connectivity index (χ0v) is 17.6. The average molecular weight is 398 g/mol. The molecule has 156 valence electrons. The zero-order chi connectivity index (χ0) is 20.9. The molecule has 2 aromatic rings. The van der Waals surface area contributed by atoms with Gasteiger partial charge in [0.25, 0.3) is 0 Å². The van der Waals surface area contributed by atoms with E-state index in [1.165, 1.54) is 0 Å². The minimum absolute atomic E-state index is 0.236. The second-order valence-electron chi connectivity index (χ2n) is 8.93. The van der Waals surface area contributed by atoms with E-state index in [0.717, 1.165) is 43.4 Å². The monoisotopic (exact) mass is 397 g/mol. The van der Waals surface area contributed by atoms with Gasteiger partial charge in [-0.15, -0.1) is 0 Å². The molecule has 0 bridgehead atoms. The van der Waals surface area contributed by atoms with Crippen molar-refractivity contribution in [1.82, 2.24) is 4.98 Å². The third-order valence-corrected chi connectivity index (χ3v) is 5.43. The average Bonchev–Trinajstić information content (AvgIpc) is 3.18. The zero-order valence-electron chi connectivity index (χ0n) is 17.6. The molecule has 1 N–H and O–H groups in total. The number of aromatic amines is 1. The molecule has 5 nitrogen and oxygen atoms in total. The molecule has 1 aromatic carbocycles. The van der Waals surface area contributed by atoms with Gasteiger partial charge in [0, 0.05) is 17.3 Å². The van der Waals surface area contributed by atoms with Crippen molar-refractivity contribution in [2.45, 2.75) is 76.9 Å². The maximum absolute atomic E-state index is 12.8. The van der Waals surface area contributed by atoms with Gasteiger partial charge in [0.2, 0.25) is 0 Å². The highest BCUT2D eigenvalue weighted by molar-refractivity contribution is 5.91. The molecule has 1 aliphatic rings. The van der Waals surface area contributed by atoms with Crippen molar-refractivity contribution in [2.24, 2.45) is 0 Å². The molecular weight excluding hydrogens is 366 g/mol. The van der Waals surface area contributed by atoms with Gasteiger partial charge in [0.05, 0.1) is 12.0 Å². The molecule has 1 aromatic heterocycles. The van der Waals surface area contributed by atoms with E-state index < -0.39 is 11.0 Å². The van der Waals surface area contributed by atoms with E-state index in [1.54, 1.807) is 12.3 Å². The first kappa shape index (κ1) is 21.2. The first-order valence-electron chi connectivity index (χ1n) is 10.4. The summed E-state index contributed by atoms with van der Waals surface area (Å²) >= 11 is 0. The Balaban J connectivity index is 1.78. The molecule has 0 atom stereocenters. The first-order chi connectivity index (χ1) is 13.8. The molecule has 0 unspecified atom stereocenters. The van der Waals surface area contributed by atoms with Gasteiger partial charge in [-0.25, -0.2) is 4.79 Å². The van der Waals surface area contributed by atoms with Crippen molar-refractivity contribution in [3.05, 3.63) is 59.4 Å². The van der Waals surface area contributed by atoms with Gasteiger partial charge in [-0.2, -0.15) is 0 Å². The molecule has 29 heavy (non-hydrogen) atoms. The largest absolute Gasteiger partial charge is 0.461 e. The molecule has 0 saturated heterocycles. The van der Waals surface area contributed by atoms with Crippen LogP contribution in [0.2, 0.25) is 0 Å². The van der Waals surface area contributed by atoms with Crippen LogP contribution in [-0.4, -0.2) is 22.5 Å². The number of rotatable bonds is 6. The highest BCUT2D eigenvalue weighted by Gasteiger charge is 2.41. The number of esters is 2. The minimum atomic E-state index is -0.569. The van der Waals surface area contributed by atoms with Crippen molar-refractivity contribution < 1.29 is 19.1 Å². The Hall–Kier alpha value is -2.56. The Bertz CT molecular complexity index is 826. The molecule has 1 saturated carbocycles. The highest BCUT2D eigenvalue weighted by Crippen LogP contribution is 2.43. The van der Waals surface area contributed by atoms with Crippen LogP contribution in [0, 0.1) is 0 Å². The minimum Gasteiger partial charge on any atom is -0.461 e. The molecule has 5 heteroatoms. The fourth-order valence-corrected chi connectivity index (χ4v) is 4.12. The predicted octanol–water partition coefficient (Wildman–Crippen LogP) is 5.31. The number of ether oxygens (including phenoxy) is 2. The van der Waals surface area contributed by atoms with Crippen LogP contribution in [0.1, 0.15) is 80.9 Å². The lowest BCUT2D eigenvalue weighted by Gasteiger charge is -2.37. The molecule has 0 radical (unpaired) electrons. The molecule has 0 spiro atoms. The van der Waals surface area contributed by atoms with Crippen LogP contribution in [0.4, 0.5) is 0 Å². The summed E-state index contributed by atoms with van der Waals surface area (Å²) in [6.45, 7) is 5.83. The van der Waals surface area contributed by atoms with Crippen molar-refractivity contribution >= 4 is 11.9 Å². The van der Waals surface area contributed by atoms with Gasteiger partial charge < -0.3 is 14.5 Å². The number of hydrogen-bond acceptors (Lipinski definition) is 4. The lowest BCUT2D eigenvalue weighted by Crippen LogP contribution is -2.35. The van der Waals surface area contributed by atoms with Gasteiger partial charge in [0.15, 0.2) is 0 Å². The summed E-state index contributed by atoms with van der Waals surface area (Å²) in [5.41, 5.74) is 1.32. The fraction of sp³-hybridized carbons (Fsp3) is 0.500. The predicted molar refractivity (Wildman–Crippen MR) is 112 cm³/mol. The van der Waals surface area contributed by atoms with Gasteiger partial charge in [-0.05, 0) is 45.2 Å². The van der Waals surface area contributed by atoms with Gasteiger partial charge in [0.1, 0.15) is 12.2 Å². The number of H-pyrrole nitrogens is 1. The Morgan fingerprint density at radius 2 is 1.72 bits per heavy atom. The van der Waals surface area contributed by atoms with E-state index in [-0.39, 0.29) is 25.0 Å². The van der Waals surface area contributed by atoms with Gasteiger partial charge in [-0.3, -0.25) is 4.79 Å². The quantitative estimate of drug-likeness (QED) is 0.671. The topological polar surface area (TPSA) is 68.4 Å². The van der Waals surface area contributed by atoms with Crippen LogP contribution in [0.25, 0.3) is 0 Å². The summed E-state index contributed by atoms with van der Waals surface area (Å²) in [6, 6.07) is 11.4. The molecule has 0 amide bonds. The number of aromatic nitrogens is 1. The molecular formula is C24H31NO4. The third kappa shape index (κ3) is 5.49. The van der Waals surface area contributed by atoms with E-state index in [4.69, 9.17) is 9.47 Å². The summed E-state index contributed by atoms with van der Waals surface area (Å²) in [5, 5.41) is 0. The van der Waals surface area contributed by atoms with Crippen molar-refractivity contribution in [1.29, 1.82) is 0 Å². The van der Waals surface area contributed by atoms with Crippen LogP contribution in [0.5, 0.6) is 0 Å². The van der Waals surface area contributed by atoms with Crippen LogP contribution < -0.4 is 0 Å². The van der Waals surface area contributed by atoms with Crippen molar-refractivity contribution in [3.63, 3.8) is 0 Å². The lowest BCUT2D eigenvalue weighted by molar-refractivity contribution is -0.147. The number of hydrogen-bond donors (Lipinski definition) is 1. The van der Waals surface area contributed by atoms with E-state index in [2.05, 4.69) is 4.98 Å². The van der Waals surface area contributed by atoms with Gasteiger partial charge >= 0.3 is 11.9 Å². The summed E-state index contributed by atoms with van der Waals surface area (Å²) < 4.78 is 11.2. The number of carbonyl (C=O) groups excluding carboxylic acids is 2.